The molecule has 6 nitrogen and oxygen atoms in total. The van der Waals surface area contributed by atoms with Crippen LogP contribution in [0.25, 0.3) is 0 Å². The molecule has 0 bridgehead atoms. The number of amides is 1. The second-order valence-electron chi connectivity index (χ2n) is 7.23. The Bertz CT molecular complexity index is 1070. The van der Waals surface area contributed by atoms with E-state index >= 15 is 0 Å². The first kappa shape index (κ1) is 19.8. The Morgan fingerprint density at radius 1 is 1.03 bits per heavy atom. The number of nitrogens with zero attached hydrogens (tertiary/aromatic N) is 1. The average molecular weight is 404 g/mol. The van der Waals surface area contributed by atoms with Crippen molar-refractivity contribution in [3.8, 4) is 11.5 Å². The molecule has 0 fully saturated rings. The monoisotopic (exact) mass is 404 g/mol. The maximum absolute atomic E-state index is 12.9. The van der Waals surface area contributed by atoms with E-state index < -0.39 is 0 Å². The van der Waals surface area contributed by atoms with Crippen molar-refractivity contribution in [2.45, 2.75) is 25.4 Å². The van der Waals surface area contributed by atoms with Crippen molar-refractivity contribution >= 4 is 11.7 Å². The van der Waals surface area contributed by atoms with E-state index in [1.807, 2.05) is 59.2 Å². The third-order valence-corrected chi connectivity index (χ3v) is 5.55. The van der Waals surface area contributed by atoms with Crippen LogP contribution in [0.4, 0.5) is 0 Å². The number of fused-ring (bicyclic) bond motifs is 1. The second-order valence-corrected chi connectivity index (χ2v) is 7.23. The predicted molar refractivity (Wildman–Crippen MR) is 113 cm³/mol. The molecule has 4 rings (SSSR count). The van der Waals surface area contributed by atoms with Gasteiger partial charge >= 0.3 is 0 Å². The first-order valence-corrected chi connectivity index (χ1v) is 9.90. The highest BCUT2D eigenvalue weighted by Gasteiger charge is 2.31. The number of hydrogen-bond acceptors (Lipinski definition) is 4. The number of hydrogen-bond donors (Lipinski definition) is 1. The highest BCUT2D eigenvalue weighted by atomic mass is 16.5. The molecule has 0 spiro atoms. The van der Waals surface area contributed by atoms with E-state index in [9.17, 15) is 9.59 Å². The van der Waals surface area contributed by atoms with Crippen molar-refractivity contribution in [2.75, 3.05) is 14.2 Å². The molecule has 3 aromatic rings. The van der Waals surface area contributed by atoms with Crippen molar-refractivity contribution in [1.29, 1.82) is 0 Å². The predicted octanol–water partition coefficient (Wildman–Crippen LogP) is 3.54. The molecule has 1 aliphatic rings. The number of methoxy groups -OCH3 is 2. The van der Waals surface area contributed by atoms with Crippen LogP contribution in [-0.2, 0) is 17.9 Å². The first-order chi connectivity index (χ1) is 14.6. The Morgan fingerprint density at radius 2 is 1.83 bits per heavy atom. The van der Waals surface area contributed by atoms with E-state index in [0.717, 1.165) is 11.3 Å². The third kappa shape index (κ3) is 3.68. The number of rotatable bonds is 7. The molecule has 1 aliphatic heterocycles. The summed E-state index contributed by atoms with van der Waals surface area (Å²) >= 11 is 0. The van der Waals surface area contributed by atoms with Crippen molar-refractivity contribution in [1.82, 2.24) is 9.88 Å². The Hall–Kier alpha value is -3.54. The van der Waals surface area contributed by atoms with Crippen molar-refractivity contribution in [2.24, 2.45) is 0 Å². The van der Waals surface area contributed by atoms with Crippen molar-refractivity contribution < 1.29 is 19.1 Å². The smallest absolute Gasteiger partial charge is 0.229 e. The number of nitrogens with one attached hydrogen (secondary N) is 1. The van der Waals surface area contributed by atoms with Gasteiger partial charge in [-0.2, -0.15) is 0 Å². The van der Waals surface area contributed by atoms with Gasteiger partial charge in [-0.1, -0.05) is 30.3 Å². The summed E-state index contributed by atoms with van der Waals surface area (Å²) in [6, 6.07) is 18.4. The fraction of sp³-hybridized carbons (Fsp3) is 0.250. The summed E-state index contributed by atoms with van der Waals surface area (Å²) in [6.45, 7) is 1.01. The summed E-state index contributed by atoms with van der Waals surface area (Å²) in [5.74, 6) is 1.02. The minimum atomic E-state index is -0.272. The molecule has 0 aliphatic carbocycles. The quantitative estimate of drug-likeness (QED) is 0.612. The topological polar surface area (TPSA) is 69.6 Å². The maximum Gasteiger partial charge on any atom is 0.229 e. The number of carbonyl (C=O) groups excluding carboxylic acids is 2. The summed E-state index contributed by atoms with van der Waals surface area (Å²) in [5, 5.41) is 3.01. The van der Waals surface area contributed by atoms with Crippen LogP contribution < -0.4 is 14.8 Å². The minimum Gasteiger partial charge on any atom is -0.497 e. The van der Waals surface area contributed by atoms with Crippen LogP contribution in [0.3, 0.4) is 0 Å². The average Bonchev–Trinajstić information content (AvgIpc) is 3.39. The molecule has 2 heterocycles. The van der Waals surface area contributed by atoms with E-state index in [1.54, 1.807) is 20.3 Å². The molecule has 1 amide bonds. The first-order valence-electron chi connectivity index (χ1n) is 9.90. The van der Waals surface area contributed by atoms with Gasteiger partial charge in [0.15, 0.2) is 0 Å². The van der Waals surface area contributed by atoms with Gasteiger partial charge < -0.3 is 19.4 Å². The summed E-state index contributed by atoms with van der Waals surface area (Å²) < 4.78 is 12.6. The third-order valence-electron chi connectivity index (χ3n) is 5.55. The van der Waals surface area contributed by atoms with Crippen LogP contribution in [-0.4, -0.2) is 30.5 Å². The molecule has 1 unspecified atom stereocenters. The van der Waals surface area contributed by atoms with E-state index in [-0.39, 0.29) is 17.6 Å². The largest absolute Gasteiger partial charge is 0.497 e. The molecular weight excluding hydrogens is 380 g/mol. The highest BCUT2D eigenvalue weighted by molar-refractivity contribution is 6.08. The zero-order valence-electron chi connectivity index (χ0n) is 17.1. The summed E-state index contributed by atoms with van der Waals surface area (Å²) in [4.78, 5) is 25.7. The standard InChI is InChI=1S/C24H24N2O4/c1-29-18-9-8-17(22(14-18)30-2)15-25-24(28)19-12-13-26-20(19)10-11-21(26)23(27)16-6-4-3-5-7-16/h3-11,14,19H,12-13,15H2,1-2H3,(H,25,28). The fourth-order valence-corrected chi connectivity index (χ4v) is 3.95. The lowest BCUT2D eigenvalue weighted by Crippen LogP contribution is -2.28. The Balaban J connectivity index is 1.47. The lowest BCUT2D eigenvalue weighted by molar-refractivity contribution is -0.122. The lowest BCUT2D eigenvalue weighted by Gasteiger charge is -2.13. The van der Waals surface area contributed by atoms with Gasteiger partial charge in [-0.25, -0.2) is 0 Å². The normalized spacial score (nSPS) is 14.8. The van der Waals surface area contributed by atoms with Gasteiger partial charge in [-0.15, -0.1) is 0 Å². The van der Waals surface area contributed by atoms with Crippen LogP contribution in [0.15, 0.2) is 60.7 Å². The number of aromatic nitrogens is 1. The lowest BCUT2D eigenvalue weighted by atomic mass is 10.0. The number of carbonyl (C=O) groups is 2. The zero-order chi connectivity index (χ0) is 21.1. The van der Waals surface area contributed by atoms with Crippen LogP contribution in [0, 0.1) is 0 Å². The Labute approximate surface area is 175 Å². The molecule has 154 valence electrons. The van der Waals surface area contributed by atoms with Gasteiger partial charge in [0.25, 0.3) is 0 Å². The van der Waals surface area contributed by atoms with Gasteiger partial charge in [0.05, 0.1) is 25.8 Å². The fourth-order valence-electron chi connectivity index (χ4n) is 3.95. The van der Waals surface area contributed by atoms with Crippen LogP contribution in [0.1, 0.15) is 39.6 Å². The van der Waals surface area contributed by atoms with Gasteiger partial charge in [-0.05, 0) is 30.7 Å². The van der Waals surface area contributed by atoms with E-state index in [4.69, 9.17) is 9.47 Å². The molecule has 1 N–H and O–H groups in total. The molecule has 1 atom stereocenters. The van der Waals surface area contributed by atoms with E-state index in [2.05, 4.69) is 5.32 Å². The molecule has 0 saturated carbocycles. The highest BCUT2D eigenvalue weighted by Crippen LogP contribution is 2.32. The molecule has 0 radical (unpaired) electrons. The molecular formula is C24H24N2O4. The molecule has 0 saturated heterocycles. The number of ether oxygens (including phenoxy) is 2. The summed E-state index contributed by atoms with van der Waals surface area (Å²) in [5.41, 5.74) is 3.04. The summed E-state index contributed by atoms with van der Waals surface area (Å²) in [7, 11) is 3.19. The van der Waals surface area contributed by atoms with Crippen LogP contribution in [0.5, 0.6) is 11.5 Å². The van der Waals surface area contributed by atoms with Crippen molar-refractivity contribution in [3.63, 3.8) is 0 Å². The zero-order valence-corrected chi connectivity index (χ0v) is 17.1. The molecule has 2 aromatic carbocycles. The van der Waals surface area contributed by atoms with Crippen molar-refractivity contribution in [3.05, 3.63) is 83.2 Å². The van der Waals surface area contributed by atoms with Gasteiger partial charge in [0.1, 0.15) is 11.5 Å². The maximum atomic E-state index is 12.9. The van der Waals surface area contributed by atoms with E-state index in [0.29, 0.717) is 42.3 Å². The minimum absolute atomic E-state index is 0.0223. The molecule has 6 heteroatoms. The van der Waals surface area contributed by atoms with Gasteiger partial charge in [0, 0.05) is 36.0 Å². The van der Waals surface area contributed by atoms with Gasteiger partial charge in [-0.3, -0.25) is 9.59 Å². The SMILES string of the molecule is COc1ccc(CNC(=O)C2CCn3c(C(=O)c4ccccc4)ccc32)c(OC)c1. The Morgan fingerprint density at radius 3 is 2.57 bits per heavy atom. The molecule has 1 aromatic heterocycles. The molecule has 30 heavy (non-hydrogen) atoms. The number of ketones is 1. The van der Waals surface area contributed by atoms with Crippen LogP contribution in [0.2, 0.25) is 0 Å². The summed E-state index contributed by atoms with van der Waals surface area (Å²) in [6.07, 6.45) is 0.677. The van der Waals surface area contributed by atoms with E-state index in [1.165, 1.54) is 0 Å². The number of benzene rings is 2. The Kier molecular flexibility index (Phi) is 5.57. The van der Waals surface area contributed by atoms with Crippen LogP contribution >= 0.6 is 0 Å². The van der Waals surface area contributed by atoms with Gasteiger partial charge in [0.2, 0.25) is 11.7 Å². The second kappa shape index (κ2) is 8.45.